The number of rotatable bonds is 13. The van der Waals surface area contributed by atoms with Crippen LogP contribution in [0.2, 0.25) is 0 Å². The highest BCUT2D eigenvalue weighted by Crippen LogP contribution is 2.59. The molecule has 1 aromatic rings. The molecule has 0 bridgehead atoms. The largest absolute Gasteiger partial charge is 0.459 e. The molecule has 1 heterocycles. The van der Waals surface area contributed by atoms with Crippen molar-refractivity contribution in [2.45, 2.75) is 129 Å². The fourth-order valence-electron chi connectivity index (χ4n) is 7.64. The van der Waals surface area contributed by atoms with Gasteiger partial charge >= 0.3 is 23.9 Å². The maximum absolute atomic E-state index is 14.2. The van der Waals surface area contributed by atoms with E-state index < -0.39 is 83.0 Å². The second-order valence-electron chi connectivity index (χ2n) is 14.3. The van der Waals surface area contributed by atoms with Crippen LogP contribution in [0.15, 0.2) is 53.1 Å². The average Bonchev–Trinajstić information content (AvgIpc) is 3.40. The van der Waals surface area contributed by atoms with E-state index in [4.69, 9.17) is 24.7 Å². The van der Waals surface area contributed by atoms with Crippen LogP contribution < -0.4 is 5.73 Å². The summed E-state index contributed by atoms with van der Waals surface area (Å²) in [6.07, 6.45) is 4.01. The van der Waals surface area contributed by atoms with Gasteiger partial charge in [-0.3, -0.25) is 14.4 Å². The molecular weight excluding hydrogens is 658 g/mol. The normalized spacial score (nSPS) is 31.8. The first-order valence-electron chi connectivity index (χ1n) is 17.6. The van der Waals surface area contributed by atoms with Crippen molar-refractivity contribution >= 4 is 41.4 Å². The van der Waals surface area contributed by atoms with E-state index in [1.165, 1.54) is 26.0 Å². The Morgan fingerprint density at radius 2 is 1.67 bits per heavy atom. The summed E-state index contributed by atoms with van der Waals surface area (Å²) in [4.78, 5) is 67.1. The van der Waals surface area contributed by atoms with Gasteiger partial charge < -0.3 is 34.9 Å². The number of benzene rings is 1. The fourth-order valence-corrected chi connectivity index (χ4v) is 7.64. The molecule has 1 aromatic carbocycles. The molecule has 0 aromatic heterocycles. The highest BCUT2D eigenvalue weighted by atomic mass is 16.6. The molecule has 1 saturated heterocycles. The minimum absolute atomic E-state index is 0.0637. The Morgan fingerprint density at radius 1 is 1.02 bits per heavy atom. The highest BCUT2D eigenvalue weighted by molar-refractivity contribution is 5.98. The molecule has 2 aliphatic carbocycles. The van der Waals surface area contributed by atoms with E-state index in [-0.39, 0.29) is 23.1 Å². The molecule has 51 heavy (non-hydrogen) atoms. The van der Waals surface area contributed by atoms with Crippen LogP contribution in [0.3, 0.4) is 0 Å². The molecule has 1 aliphatic heterocycles. The molecule has 0 amide bonds. The van der Waals surface area contributed by atoms with Gasteiger partial charge in [-0.1, -0.05) is 56.9 Å². The standard InChI is InChI=1S/C39H51NO11/c1-8-10-11-12-13-14-29(43)48-33-31-30(23(4)32(33)49-35(44)22(3)9-2)34-39(47,38(7,46)36(45)50-34)27(21-37(31,6)51-24(5)41)28(42)20-17-25-15-18-26(40)19-16-25/h9,15-20,27,31-34,46-47H,8,10-14,21,40H2,1-7H3/b20-17+,22-9-/t27-,31-,32+,33+,34+,37+,38-,39-/m1/s1. The van der Waals surface area contributed by atoms with Crippen molar-refractivity contribution in [3.8, 4) is 0 Å². The highest BCUT2D eigenvalue weighted by Gasteiger charge is 2.75. The lowest BCUT2D eigenvalue weighted by molar-refractivity contribution is -0.189. The van der Waals surface area contributed by atoms with Crippen molar-refractivity contribution in [1.82, 2.24) is 0 Å². The lowest BCUT2D eigenvalue weighted by atomic mass is 9.68. The third kappa shape index (κ3) is 7.67. The van der Waals surface area contributed by atoms with Crippen LogP contribution in [-0.4, -0.2) is 75.0 Å². The van der Waals surface area contributed by atoms with Crippen molar-refractivity contribution in [2.75, 3.05) is 5.73 Å². The first-order chi connectivity index (χ1) is 23.9. The average molecular weight is 710 g/mol. The summed E-state index contributed by atoms with van der Waals surface area (Å²) in [6, 6.07) is 6.66. The summed E-state index contributed by atoms with van der Waals surface area (Å²) in [7, 11) is 0. The molecule has 12 heteroatoms. The molecule has 1 saturated carbocycles. The Hall–Kier alpha value is -4.29. The summed E-state index contributed by atoms with van der Waals surface area (Å²) in [6.45, 7) is 10.6. The fraction of sp³-hybridized carbons (Fsp3) is 0.564. The summed E-state index contributed by atoms with van der Waals surface area (Å²) in [5.74, 6) is -6.67. The molecule has 4 N–H and O–H groups in total. The first-order valence-corrected chi connectivity index (χ1v) is 17.6. The van der Waals surface area contributed by atoms with Crippen LogP contribution in [0.25, 0.3) is 6.08 Å². The van der Waals surface area contributed by atoms with E-state index >= 15 is 0 Å². The van der Waals surface area contributed by atoms with E-state index in [1.54, 1.807) is 51.1 Å². The number of anilines is 1. The monoisotopic (exact) mass is 709 g/mol. The number of ketones is 1. The van der Waals surface area contributed by atoms with Crippen LogP contribution >= 0.6 is 0 Å². The zero-order valence-electron chi connectivity index (χ0n) is 30.5. The molecule has 0 unspecified atom stereocenters. The maximum atomic E-state index is 14.2. The Kier molecular flexibility index (Phi) is 12.0. The maximum Gasteiger partial charge on any atom is 0.341 e. The number of fused-ring (bicyclic) bond motifs is 3. The van der Waals surface area contributed by atoms with Crippen LogP contribution in [0.5, 0.6) is 0 Å². The topological polar surface area (TPSA) is 189 Å². The van der Waals surface area contributed by atoms with Crippen molar-refractivity contribution in [1.29, 1.82) is 0 Å². The van der Waals surface area contributed by atoms with Crippen molar-refractivity contribution in [2.24, 2.45) is 11.8 Å². The first kappa shape index (κ1) is 39.5. The lowest BCUT2D eigenvalue weighted by Crippen LogP contribution is -2.62. The Balaban J connectivity index is 1.89. The molecule has 0 radical (unpaired) electrons. The second-order valence-corrected chi connectivity index (χ2v) is 14.3. The van der Waals surface area contributed by atoms with Crippen LogP contribution in [-0.2, 0) is 42.9 Å². The molecule has 4 rings (SSSR count). The number of nitrogen functional groups attached to an aromatic ring is 1. The van der Waals surface area contributed by atoms with Crippen molar-refractivity contribution in [3.05, 3.63) is 58.7 Å². The van der Waals surface area contributed by atoms with E-state index in [2.05, 4.69) is 6.92 Å². The third-order valence-electron chi connectivity index (χ3n) is 10.6. The van der Waals surface area contributed by atoms with E-state index in [1.807, 2.05) is 0 Å². The minimum atomic E-state index is -2.62. The van der Waals surface area contributed by atoms with Gasteiger partial charge in [0, 0.05) is 31.0 Å². The van der Waals surface area contributed by atoms with Crippen LogP contribution in [0, 0.1) is 11.8 Å². The molecule has 0 spiro atoms. The molecule has 12 nitrogen and oxygen atoms in total. The smallest absolute Gasteiger partial charge is 0.341 e. The van der Waals surface area contributed by atoms with Crippen molar-refractivity contribution in [3.63, 3.8) is 0 Å². The quantitative estimate of drug-likeness (QED) is 0.0641. The molecule has 3 aliphatic rings. The van der Waals surface area contributed by atoms with Crippen molar-refractivity contribution < 1.29 is 53.1 Å². The van der Waals surface area contributed by atoms with Gasteiger partial charge in [0.2, 0.25) is 0 Å². The number of allylic oxidation sites excluding steroid dienone is 2. The Labute approximate surface area is 299 Å². The van der Waals surface area contributed by atoms with Gasteiger partial charge in [-0.05, 0) is 76.0 Å². The number of aliphatic hydroxyl groups is 2. The van der Waals surface area contributed by atoms with Gasteiger partial charge in [0.25, 0.3) is 0 Å². The summed E-state index contributed by atoms with van der Waals surface area (Å²) < 4.78 is 23.8. The van der Waals surface area contributed by atoms with E-state index in [0.29, 0.717) is 17.7 Å². The zero-order valence-corrected chi connectivity index (χ0v) is 30.5. The van der Waals surface area contributed by atoms with Crippen LogP contribution in [0.1, 0.15) is 99.0 Å². The minimum Gasteiger partial charge on any atom is -0.459 e. The number of ether oxygens (including phenoxy) is 4. The van der Waals surface area contributed by atoms with Gasteiger partial charge in [0.15, 0.2) is 35.3 Å². The number of hydrogen-bond donors (Lipinski definition) is 3. The SMILES string of the molecule is C/C=C(/C)C(=O)O[C@H]1C(C)=C2[C@H]([C@@H]1OC(=O)CCCCCCC)[C@@](C)(OC(C)=O)C[C@H](C(=O)/C=C/c1ccc(N)cc1)[C@@]1(O)[C@H]2OC(=O)[C@@]1(C)O. The summed E-state index contributed by atoms with van der Waals surface area (Å²) >= 11 is 0. The second kappa shape index (κ2) is 15.5. The Bertz CT molecular complexity index is 1620. The third-order valence-corrected chi connectivity index (χ3v) is 10.6. The Morgan fingerprint density at radius 3 is 2.27 bits per heavy atom. The lowest BCUT2D eigenvalue weighted by Gasteiger charge is -2.41. The summed E-state index contributed by atoms with van der Waals surface area (Å²) in [5.41, 5.74) is 0.640. The van der Waals surface area contributed by atoms with Gasteiger partial charge in [-0.2, -0.15) is 0 Å². The van der Waals surface area contributed by atoms with Gasteiger partial charge in [0.05, 0.1) is 11.8 Å². The molecule has 278 valence electrons. The van der Waals surface area contributed by atoms with Crippen LogP contribution in [0.4, 0.5) is 5.69 Å². The number of carbonyl (C=O) groups is 5. The number of esters is 4. The van der Waals surface area contributed by atoms with Gasteiger partial charge in [0.1, 0.15) is 5.60 Å². The number of hydrogen-bond acceptors (Lipinski definition) is 12. The van der Waals surface area contributed by atoms with Gasteiger partial charge in [-0.15, -0.1) is 0 Å². The predicted octanol–water partition coefficient (Wildman–Crippen LogP) is 4.70. The number of nitrogens with two attached hydrogens (primary N) is 1. The number of unbranched alkanes of at least 4 members (excludes halogenated alkanes) is 4. The van der Waals surface area contributed by atoms with Gasteiger partial charge in [-0.25, -0.2) is 9.59 Å². The predicted molar refractivity (Wildman–Crippen MR) is 187 cm³/mol. The van der Waals surface area contributed by atoms with E-state index in [0.717, 1.165) is 32.6 Å². The number of carbonyl (C=O) groups excluding carboxylic acids is 5. The summed E-state index contributed by atoms with van der Waals surface area (Å²) in [5, 5.41) is 24.4. The van der Waals surface area contributed by atoms with E-state index in [9.17, 15) is 34.2 Å². The zero-order chi connectivity index (χ0) is 37.9. The molecule has 8 atom stereocenters. The molecular formula is C39H51NO11. The molecule has 2 fully saturated rings.